The van der Waals surface area contributed by atoms with Crippen LogP contribution in [0.2, 0.25) is 0 Å². The van der Waals surface area contributed by atoms with E-state index >= 15 is 0 Å². The van der Waals surface area contributed by atoms with Crippen LogP contribution in [0, 0.1) is 0 Å². The van der Waals surface area contributed by atoms with Gasteiger partial charge in [-0.2, -0.15) is 0 Å². The molecule has 0 radical (unpaired) electrons. The molecule has 1 heterocycles. The van der Waals surface area contributed by atoms with E-state index in [0.29, 0.717) is 12.8 Å². The molecule has 0 fully saturated rings. The van der Waals surface area contributed by atoms with Crippen LogP contribution in [-0.4, -0.2) is 53.8 Å². The van der Waals surface area contributed by atoms with Crippen LogP contribution in [-0.2, 0) is 27.2 Å². The van der Waals surface area contributed by atoms with Crippen molar-refractivity contribution < 1.29 is 14.4 Å². The number of nitrogens with zero attached hydrogens (tertiary/aromatic N) is 1. The fourth-order valence-corrected chi connectivity index (χ4v) is 3.88. The van der Waals surface area contributed by atoms with Crippen molar-refractivity contribution in [3.8, 4) is 0 Å². The number of benzene rings is 2. The lowest BCUT2D eigenvalue weighted by molar-refractivity contribution is -0.130. The molecule has 8 N–H and O–H groups in total. The first-order valence-electron chi connectivity index (χ1n) is 12.0. The number of hydrogen-bond donors (Lipinski definition) is 5. The summed E-state index contributed by atoms with van der Waals surface area (Å²) in [6.45, 7) is 0.368. The predicted molar refractivity (Wildman–Crippen MR) is 140 cm³/mol. The highest BCUT2D eigenvalue weighted by Crippen LogP contribution is 2.15. The van der Waals surface area contributed by atoms with E-state index in [0.717, 1.165) is 22.0 Å². The van der Waals surface area contributed by atoms with Crippen molar-refractivity contribution in [3.63, 3.8) is 0 Å². The van der Waals surface area contributed by atoms with E-state index < -0.39 is 23.9 Å². The molecule has 3 rings (SSSR count). The molecule has 0 spiro atoms. The lowest BCUT2D eigenvalue weighted by Gasteiger charge is -2.21. The van der Waals surface area contributed by atoms with Crippen LogP contribution in [0.15, 0.2) is 66.9 Å². The fraction of sp³-hybridized carbons (Fsp3) is 0.333. The number of nitrogens with one attached hydrogen (secondary N) is 2. The van der Waals surface area contributed by atoms with E-state index in [2.05, 4.69) is 15.6 Å². The van der Waals surface area contributed by atoms with Crippen molar-refractivity contribution in [1.82, 2.24) is 15.6 Å². The molecule has 0 unspecified atom stereocenters. The third-order valence-electron chi connectivity index (χ3n) is 5.97. The average Bonchev–Trinajstić information content (AvgIpc) is 2.89. The Morgan fingerprint density at radius 1 is 0.889 bits per heavy atom. The quantitative estimate of drug-likeness (QED) is 0.234. The Hall–Kier alpha value is -3.66. The highest BCUT2D eigenvalue weighted by Gasteiger charge is 2.25. The molecular formula is C27H34N6O3. The Labute approximate surface area is 210 Å². The summed E-state index contributed by atoms with van der Waals surface area (Å²) in [6, 6.07) is 17.0. The SMILES string of the molecule is NCC(CN)NC(=O)C[C@H](N)C(=O)N[C@H](CCc1ccccc1)C(=O)Cc1cnc2ccccc2c1. The minimum atomic E-state index is -1.12. The Balaban J connectivity index is 1.68. The van der Waals surface area contributed by atoms with Gasteiger partial charge >= 0.3 is 0 Å². The predicted octanol–water partition coefficient (Wildman–Crippen LogP) is 0.584. The monoisotopic (exact) mass is 490 g/mol. The summed E-state index contributed by atoms with van der Waals surface area (Å²) in [5.74, 6) is -1.14. The summed E-state index contributed by atoms with van der Waals surface area (Å²) in [5.41, 5.74) is 19.7. The molecule has 9 heteroatoms. The van der Waals surface area contributed by atoms with Crippen LogP contribution < -0.4 is 27.8 Å². The number of amides is 2. The Kier molecular flexibility index (Phi) is 10.1. The highest BCUT2D eigenvalue weighted by atomic mass is 16.2. The summed E-state index contributed by atoms with van der Waals surface area (Å²) < 4.78 is 0. The number of nitrogens with two attached hydrogens (primary N) is 3. The second kappa shape index (κ2) is 13.4. The van der Waals surface area contributed by atoms with Gasteiger partial charge in [-0.05, 0) is 36.1 Å². The van der Waals surface area contributed by atoms with Crippen LogP contribution in [0.5, 0.6) is 0 Å². The van der Waals surface area contributed by atoms with Crippen molar-refractivity contribution in [3.05, 3.63) is 78.0 Å². The van der Waals surface area contributed by atoms with Gasteiger partial charge in [0, 0.05) is 31.1 Å². The van der Waals surface area contributed by atoms with Crippen molar-refractivity contribution >= 4 is 28.5 Å². The molecule has 36 heavy (non-hydrogen) atoms. The third kappa shape index (κ3) is 7.94. The van der Waals surface area contributed by atoms with Crippen LogP contribution in [0.25, 0.3) is 10.9 Å². The maximum absolute atomic E-state index is 13.3. The largest absolute Gasteiger partial charge is 0.351 e. The highest BCUT2D eigenvalue weighted by molar-refractivity contribution is 5.94. The van der Waals surface area contributed by atoms with Gasteiger partial charge < -0.3 is 27.8 Å². The topological polar surface area (TPSA) is 166 Å². The fourth-order valence-electron chi connectivity index (χ4n) is 3.88. The minimum absolute atomic E-state index is 0.113. The van der Waals surface area contributed by atoms with Gasteiger partial charge in [-0.3, -0.25) is 19.4 Å². The second-order valence-electron chi connectivity index (χ2n) is 8.81. The molecule has 2 atom stereocenters. The van der Waals surface area contributed by atoms with Gasteiger partial charge in [0.05, 0.1) is 30.1 Å². The molecule has 1 aromatic heterocycles. The molecular weight excluding hydrogens is 456 g/mol. The van der Waals surface area contributed by atoms with Gasteiger partial charge in [0.25, 0.3) is 0 Å². The molecule has 9 nitrogen and oxygen atoms in total. The summed E-state index contributed by atoms with van der Waals surface area (Å²) in [7, 11) is 0. The normalized spacial score (nSPS) is 12.8. The van der Waals surface area contributed by atoms with Crippen LogP contribution in [0.3, 0.4) is 0 Å². The molecule has 0 saturated carbocycles. The van der Waals surface area contributed by atoms with E-state index in [1.54, 1.807) is 6.20 Å². The third-order valence-corrected chi connectivity index (χ3v) is 5.97. The number of aryl methyl sites for hydroxylation is 1. The molecule has 0 aliphatic heterocycles. The zero-order chi connectivity index (χ0) is 25.9. The summed E-state index contributed by atoms with van der Waals surface area (Å²) in [5, 5.41) is 6.36. The standard InChI is InChI=1S/C27H34N6O3/c28-15-21(16-29)32-26(35)14-22(30)27(36)33-24(11-10-18-6-2-1-3-7-18)25(34)13-19-12-20-8-4-5-9-23(20)31-17-19/h1-9,12,17,21-22,24H,10-11,13-16,28-30H2,(H,32,35)(H,33,36)/t22-,24+/m0/s1. The lowest BCUT2D eigenvalue weighted by Crippen LogP contribution is -2.52. The number of fused-ring (bicyclic) bond motifs is 1. The van der Waals surface area contributed by atoms with Crippen LogP contribution in [0.4, 0.5) is 0 Å². The van der Waals surface area contributed by atoms with Gasteiger partial charge in [-0.25, -0.2) is 0 Å². The number of pyridine rings is 1. The van der Waals surface area contributed by atoms with Crippen LogP contribution in [0.1, 0.15) is 24.0 Å². The number of carbonyl (C=O) groups is 3. The summed E-state index contributed by atoms with van der Waals surface area (Å²) in [6.07, 6.45) is 2.55. The summed E-state index contributed by atoms with van der Waals surface area (Å²) >= 11 is 0. The lowest BCUT2D eigenvalue weighted by atomic mass is 9.97. The molecule has 2 amide bonds. The minimum Gasteiger partial charge on any atom is -0.351 e. The van der Waals surface area contributed by atoms with Gasteiger partial charge in [-0.1, -0.05) is 48.5 Å². The van der Waals surface area contributed by atoms with Crippen molar-refractivity contribution in [2.24, 2.45) is 17.2 Å². The number of carbonyl (C=O) groups excluding carboxylic acids is 3. The van der Waals surface area contributed by atoms with Crippen molar-refractivity contribution in [2.45, 2.75) is 43.8 Å². The second-order valence-corrected chi connectivity index (χ2v) is 8.81. The molecule has 3 aromatic rings. The molecule has 0 aliphatic carbocycles. The molecule has 2 aromatic carbocycles. The number of hydrogen-bond acceptors (Lipinski definition) is 7. The Morgan fingerprint density at radius 3 is 2.31 bits per heavy atom. The van der Waals surface area contributed by atoms with Crippen LogP contribution >= 0.6 is 0 Å². The van der Waals surface area contributed by atoms with E-state index in [4.69, 9.17) is 17.2 Å². The average molecular weight is 491 g/mol. The number of aromatic nitrogens is 1. The summed E-state index contributed by atoms with van der Waals surface area (Å²) in [4.78, 5) is 42.7. The molecule has 0 bridgehead atoms. The van der Waals surface area contributed by atoms with E-state index in [9.17, 15) is 14.4 Å². The number of para-hydroxylation sites is 1. The molecule has 0 aliphatic rings. The first-order valence-corrected chi connectivity index (χ1v) is 12.0. The first kappa shape index (κ1) is 26.9. The van der Waals surface area contributed by atoms with Crippen molar-refractivity contribution in [2.75, 3.05) is 13.1 Å². The van der Waals surface area contributed by atoms with E-state index in [-0.39, 0.29) is 37.8 Å². The van der Waals surface area contributed by atoms with Gasteiger partial charge in [0.1, 0.15) is 0 Å². The Morgan fingerprint density at radius 2 is 1.58 bits per heavy atom. The number of rotatable bonds is 13. The number of ketones is 1. The smallest absolute Gasteiger partial charge is 0.238 e. The van der Waals surface area contributed by atoms with Gasteiger partial charge in [-0.15, -0.1) is 0 Å². The van der Waals surface area contributed by atoms with E-state index in [1.807, 2.05) is 60.7 Å². The zero-order valence-electron chi connectivity index (χ0n) is 20.2. The Bertz CT molecular complexity index is 1170. The maximum atomic E-state index is 13.3. The first-order chi connectivity index (χ1) is 17.4. The molecule has 0 saturated heterocycles. The maximum Gasteiger partial charge on any atom is 0.238 e. The molecule has 190 valence electrons. The van der Waals surface area contributed by atoms with Gasteiger partial charge in [0.2, 0.25) is 11.8 Å². The zero-order valence-corrected chi connectivity index (χ0v) is 20.2. The van der Waals surface area contributed by atoms with Crippen molar-refractivity contribution in [1.29, 1.82) is 0 Å². The number of Topliss-reactive ketones (excluding diaryl/α,β-unsaturated/α-hetero) is 1. The van der Waals surface area contributed by atoms with Gasteiger partial charge in [0.15, 0.2) is 5.78 Å². The van der Waals surface area contributed by atoms with E-state index in [1.165, 1.54) is 0 Å².